The van der Waals surface area contributed by atoms with Gasteiger partial charge in [0, 0.05) is 37.4 Å². The third kappa shape index (κ3) is 1.81. The minimum absolute atomic E-state index is 0.155. The molecule has 1 aromatic carbocycles. The van der Waals surface area contributed by atoms with Gasteiger partial charge in [0.05, 0.1) is 11.2 Å². The van der Waals surface area contributed by atoms with Crippen LogP contribution in [0, 0.1) is 5.82 Å². The van der Waals surface area contributed by atoms with Gasteiger partial charge in [-0.25, -0.2) is 4.39 Å². The second-order valence-corrected chi connectivity index (χ2v) is 4.64. The zero-order valence-electron chi connectivity index (χ0n) is 9.87. The van der Waals surface area contributed by atoms with Crippen molar-refractivity contribution in [2.24, 2.45) is 0 Å². The largest absolute Gasteiger partial charge is 0.396 e. The highest BCUT2D eigenvalue weighted by atomic mass is 19.1. The van der Waals surface area contributed by atoms with Crippen molar-refractivity contribution in [3.05, 3.63) is 24.0 Å². The molecule has 0 radical (unpaired) electrons. The Kier molecular flexibility index (Phi) is 2.47. The van der Waals surface area contributed by atoms with Crippen LogP contribution < -0.4 is 10.6 Å². The normalized spacial score (nSPS) is 16.5. The molecule has 0 unspecified atom stereocenters. The van der Waals surface area contributed by atoms with Crippen molar-refractivity contribution in [1.29, 1.82) is 0 Å². The van der Waals surface area contributed by atoms with Gasteiger partial charge in [0.2, 0.25) is 0 Å². The van der Waals surface area contributed by atoms with Gasteiger partial charge in [-0.1, -0.05) is 0 Å². The Hall–Kier alpha value is -2.04. The van der Waals surface area contributed by atoms with Crippen LogP contribution in [0.2, 0.25) is 0 Å². The fourth-order valence-corrected chi connectivity index (χ4v) is 2.32. The lowest BCUT2D eigenvalue weighted by molar-refractivity contribution is -0.119. The van der Waals surface area contributed by atoms with Crippen LogP contribution >= 0.6 is 0 Å². The summed E-state index contributed by atoms with van der Waals surface area (Å²) >= 11 is 0. The van der Waals surface area contributed by atoms with Crippen LogP contribution in [-0.4, -0.2) is 23.9 Å². The summed E-state index contributed by atoms with van der Waals surface area (Å²) in [5.74, 6) is 0.810. The molecule has 2 heterocycles. The SMILES string of the molecule is Nc1cc2cc(N3CCC(=O)CC3)[nH]c2cc1F. The number of nitrogens with zero attached hydrogens (tertiary/aromatic N) is 1. The van der Waals surface area contributed by atoms with E-state index >= 15 is 0 Å². The smallest absolute Gasteiger partial charge is 0.148 e. The number of hydrogen-bond acceptors (Lipinski definition) is 3. The lowest BCUT2D eigenvalue weighted by Gasteiger charge is -2.26. The first kappa shape index (κ1) is 11.1. The summed E-state index contributed by atoms with van der Waals surface area (Å²) in [5, 5.41) is 0.890. The van der Waals surface area contributed by atoms with Gasteiger partial charge in [-0.05, 0) is 12.1 Å². The highest BCUT2D eigenvalue weighted by Crippen LogP contribution is 2.26. The van der Waals surface area contributed by atoms with Crippen molar-refractivity contribution in [2.75, 3.05) is 23.7 Å². The van der Waals surface area contributed by atoms with E-state index in [9.17, 15) is 9.18 Å². The van der Waals surface area contributed by atoms with Gasteiger partial charge in [0.1, 0.15) is 17.4 Å². The van der Waals surface area contributed by atoms with Crippen LogP contribution in [0.3, 0.4) is 0 Å². The van der Waals surface area contributed by atoms with Crippen LogP contribution in [-0.2, 0) is 4.79 Å². The zero-order valence-corrected chi connectivity index (χ0v) is 9.87. The molecule has 5 heteroatoms. The second-order valence-electron chi connectivity index (χ2n) is 4.64. The van der Waals surface area contributed by atoms with Crippen LogP contribution in [0.25, 0.3) is 10.9 Å². The number of piperidine rings is 1. The lowest BCUT2D eigenvalue weighted by Crippen LogP contribution is -2.33. The first-order valence-electron chi connectivity index (χ1n) is 5.98. The average Bonchev–Trinajstić information content (AvgIpc) is 2.73. The number of nitrogens with one attached hydrogen (secondary N) is 1. The Balaban J connectivity index is 1.96. The first-order chi connectivity index (χ1) is 8.63. The quantitative estimate of drug-likeness (QED) is 0.758. The molecule has 0 amide bonds. The summed E-state index contributed by atoms with van der Waals surface area (Å²) in [5.41, 5.74) is 6.43. The fraction of sp³-hybridized carbons (Fsp3) is 0.308. The molecule has 1 aromatic heterocycles. The van der Waals surface area contributed by atoms with E-state index in [-0.39, 0.29) is 5.69 Å². The van der Waals surface area contributed by atoms with E-state index in [1.54, 1.807) is 6.07 Å². The molecule has 1 saturated heterocycles. The van der Waals surface area contributed by atoms with Gasteiger partial charge in [-0.2, -0.15) is 0 Å². The number of fused-ring (bicyclic) bond motifs is 1. The Morgan fingerprint density at radius 2 is 1.94 bits per heavy atom. The number of ketones is 1. The maximum atomic E-state index is 13.3. The van der Waals surface area contributed by atoms with E-state index in [2.05, 4.69) is 9.88 Å². The molecular weight excluding hydrogens is 233 g/mol. The maximum absolute atomic E-state index is 13.3. The van der Waals surface area contributed by atoms with E-state index in [1.165, 1.54) is 6.07 Å². The molecule has 1 aliphatic rings. The molecule has 0 spiro atoms. The first-order valence-corrected chi connectivity index (χ1v) is 5.98. The summed E-state index contributed by atoms with van der Waals surface area (Å²) in [6.07, 6.45) is 1.15. The van der Waals surface area contributed by atoms with Crippen LogP contribution in [0.1, 0.15) is 12.8 Å². The Bertz CT molecular complexity index is 571. The molecular formula is C13H14FN3O. The van der Waals surface area contributed by atoms with Crippen LogP contribution in [0.5, 0.6) is 0 Å². The summed E-state index contributed by atoms with van der Waals surface area (Å²) in [6, 6.07) is 4.98. The minimum Gasteiger partial charge on any atom is -0.396 e. The van der Waals surface area contributed by atoms with Crippen LogP contribution in [0.4, 0.5) is 15.9 Å². The number of anilines is 2. The third-order valence-corrected chi connectivity index (χ3v) is 3.39. The number of aromatic amines is 1. The Morgan fingerprint density at radius 1 is 1.22 bits per heavy atom. The second kappa shape index (κ2) is 4.01. The van der Waals surface area contributed by atoms with Gasteiger partial charge in [0.15, 0.2) is 0 Å². The monoisotopic (exact) mass is 247 g/mol. The fourth-order valence-electron chi connectivity index (χ4n) is 2.32. The highest BCUT2D eigenvalue weighted by Gasteiger charge is 2.18. The predicted molar refractivity (Wildman–Crippen MR) is 69.1 cm³/mol. The molecule has 0 atom stereocenters. The lowest BCUT2D eigenvalue weighted by atomic mass is 10.1. The molecule has 3 N–H and O–H groups in total. The number of benzene rings is 1. The highest BCUT2D eigenvalue weighted by molar-refractivity contribution is 5.87. The molecule has 94 valence electrons. The number of carbonyl (C=O) groups excluding carboxylic acids is 1. The van der Waals surface area contributed by atoms with E-state index < -0.39 is 5.82 Å². The number of nitrogen functional groups attached to an aromatic ring is 1. The number of carbonyl (C=O) groups is 1. The van der Waals surface area contributed by atoms with Gasteiger partial charge < -0.3 is 15.6 Å². The topological polar surface area (TPSA) is 62.1 Å². The molecule has 3 rings (SSSR count). The number of aromatic nitrogens is 1. The predicted octanol–water partition coefficient (Wildman–Crippen LogP) is 2.06. The number of nitrogens with two attached hydrogens (primary N) is 1. The zero-order chi connectivity index (χ0) is 12.7. The molecule has 2 aromatic rings. The van der Waals surface area contributed by atoms with E-state index in [0.29, 0.717) is 31.7 Å². The Labute approximate surface area is 104 Å². The summed E-state index contributed by atoms with van der Waals surface area (Å²) in [6.45, 7) is 1.42. The number of rotatable bonds is 1. The molecule has 1 aliphatic heterocycles. The van der Waals surface area contributed by atoms with Crippen molar-refractivity contribution in [3.8, 4) is 0 Å². The van der Waals surface area contributed by atoms with Crippen LogP contribution in [0.15, 0.2) is 18.2 Å². The average molecular weight is 247 g/mol. The molecule has 18 heavy (non-hydrogen) atoms. The maximum Gasteiger partial charge on any atom is 0.148 e. The van der Waals surface area contributed by atoms with E-state index in [0.717, 1.165) is 16.7 Å². The van der Waals surface area contributed by atoms with Gasteiger partial charge in [-0.3, -0.25) is 4.79 Å². The molecule has 1 fully saturated rings. The van der Waals surface area contributed by atoms with Crippen molar-refractivity contribution in [1.82, 2.24) is 4.98 Å². The Morgan fingerprint density at radius 3 is 2.67 bits per heavy atom. The number of hydrogen-bond donors (Lipinski definition) is 2. The summed E-state index contributed by atoms with van der Waals surface area (Å²) in [7, 11) is 0. The van der Waals surface area contributed by atoms with E-state index in [1.807, 2.05) is 6.07 Å². The number of halogens is 1. The van der Waals surface area contributed by atoms with Crippen molar-refractivity contribution >= 4 is 28.2 Å². The molecule has 0 aliphatic carbocycles. The van der Waals surface area contributed by atoms with Gasteiger partial charge in [-0.15, -0.1) is 0 Å². The molecule has 0 saturated carbocycles. The van der Waals surface area contributed by atoms with Gasteiger partial charge >= 0.3 is 0 Å². The molecule has 0 bridgehead atoms. The third-order valence-electron chi connectivity index (χ3n) is 3.39. The van der Waals surface area contributed by atoms with Gasteiger partial charge in [0.25, 0.3) is 0 Å². The van der Waals surface area contributed by atoms with Crippen molar-refractivity contribution < 1.29 is 9.18 Å². The number of Topliss-reactive ketones (excluding diaryl/α,β-unsaturated/α-hetero) is 1. The van der Waals surface area contributed by atoms with Crippen molar-refractivity contribution in [3.63, 3.8) is 0 Å². The minimum atomic E-state index is -0.412. The van der Waals surface area contributed by atoms with E-state index in [4.69, 9.17) is 5.73 Å². The summed E-state index contributed by atoms with van der Waals surface area (Å²) < 4.78 is 13.3. The number of H-pyrrole nitrogens is 1. The molecule has 4 nitrogen and oxygen atoms in total. The van der Waals surface area contributed by atoms with Crippen molar-refractivity contribution in [2.45, 2.75) is 12.8 Å². The standard InChI is InChI=1S/C13H14FN3O/c14-10-7-12-8(5-11(10)15)6-13(16-12)17-3-1-9(18)2-4-17/h5-7,16H,1-4,15H2. The summed E-state index contributed by atoms with van der Waals surface area (Å²) in [4.78, 5) is 16.5.